The molecule has 0 bridgehead atoms. The second-order valence-electron chi connectivity index (χ2n) is 4.76. The molecule has 0 radical (unpaired) electrons. The first kappa shape index (κ1) is 17.2. The van der Waals surface area contributed by atoms with E-state index in [1.807, 2.05) is 19.1 Å². The van der Waals surface area contributed by atoms with Gasteiger partial charge in [0.2, 0.25) is 0 Å². The fourth-order valence-electron chi connectivity index (χ4n) is 1.77. The smallest absolute Gasteiger partial charge is 0.251 e. The molecule has 21 heavy (non-hydrogen) atoms. The Morgan fingerprint density at radius 3 is 2.90 bits per heavy atom. The largest absolute Gasteiger partial charge is 0.381 e. The van der Waals surface area contributed by atoms with E-state index in [0.717, 1.165) is 30.6 Å². The molecule has 3 N–H and O–H groups in total. The third-order valence-corrected chi connectivity index (χ3v) is 2.92. The fourth-order valence-corrected chi connectivity index (χ4v) is 1.77. The number of carbonyl (C=O) groups is 1. The third kappa shape index (κ3) is 6.44. The maximum absolute atomic E-state index is 12.0. The van der Waals surface area contributed by atoms with E-state index in [1.54, 1.807) is 6.07 Å². The minimum atomic E-state index is -0.0821. The molecule has 1 aromatic carbocycles. The average molecular weight is 288 g/mol. The Morgan fingerprint density at radius 1 is 1.38 bits per heavy atom. The number of aryl methyl sites for hydroxylation is 1. The van der Waals surface area contributed by atoms with Gasteiger partial charge in [0.1, 0.15) is 0 Å². The first-order valence-corrected chi connectivity index (χ1v) is 7.34. The first-order chi connectivity index (χ1) is 10.2. The monoisotopic (exact) mass is 288 g/mol. The zero-order chi connectivity index (χ0) is 15.5. The van der Waals surface area contributed by atoms with Gasteiger partial charge in [-0.1, -0.05) is 24.8 Å². The van der Waals surface area contributed by atoms with Crippen LogP contribution in [0.25, 0.3) is 0 Å². The summed E-state index contributed by atoms with van der Waals surface area (Å²) in [5.41, 5.74) is 7.89. The molecule has 0 aliphatic heterocycles. The van der Waals surface area contributed by atoms with E-state index >= 15 is 0 Å². The lowest BCUT2D eigenvalue weighted by Gasteiger charge is -2.07. The molecule has 0 fully saturated rings. The summed E-state index contributed by atoms with van der Waals surface area (Å²) in [7, 11) is 0. The van der Waals surface area contributed by atoms with Crippen molar-refractivity contribution in [2.75, 3.05) is 26.3 Å². The summed E-state index contributed by atoms with van der Waals surface area (Å²) < 4.78 is 5.37. The van der Waals surface area contributed by atoms with Gasteiger partial charge in [-0.25, -0.2) is 0 Å². The lowest BCUT2D eigenvalue weighted by molar-refractivity contribution is 0.0941. The van der Waals surface area contributed by atoms with Crippen molar-refractivity contribution >= 4 is 5.91 Å². The first-order valence-electron chi connectivity index (χ1n) is 7.34. The molecule has 0 aliphatic carbocycles. The van der Waals surface area contributed by atoms with Crippen molar-refractivity contribution in [2.45, 2.75) is 26.7 Å². The summed E-state index contributed by atoms with van der Waals surface area (Å²) in [6.45, 7) is 6.41. The van der Waals surface area contributed by atoms with Crippen LogP contribution in [0.1, 0.15) is 41.3 Å². The van der Waals surface area contributed by atoms with Gasteiger partial charge in [0.15, 0.2) is 0 Å². The van der Waals surface area contributed by atoms with Crippen LogP contribution in [0.15, 0.2) is 18.2 Å². The van der Waals surface area contributed by atoms with Crippen molar-refractivity contribution in [2.24, 2.45) is 5.73 Å². The molecular formula is C17H24N2O2. The quantitative estimate of drug-likeness (QED) is 0.594. The molecule has 4 heteroatoms. The Bertz CT molecular complexity index is 515. The Balaban J connectivity index is 2.50. The molecule has 0 unspecified atom stereocenters. The molecule has 1 rings (SSSR count). The Morgan fingerprint density at radius 2 is 2.19 bits per heavy atom. The van der Waals surface area contributed by atoms with E-state index in [4.69, 9.17) is 10.5 Å². The summed E-state index contributed by atoms with van der Waals surface area (Å²) in [4.78, 5) is 12.0. The van der Waals surface area contributed by atoms with Crippen LogP contribution < -0.4 is 11.1 Å². The highest BCUT2D eigenvalue weighted by Crippen LogP contribution is 2.10. The molecule has 0 atom stereocenters. The SMILES string of the molecule is CCCOCCCNC(=O)c1ccc(C)c(C#CCN)c1. The second kappa shape index (κ2) is 9.98. The summed E-state index contributed by atoms with van der Waals surface area (Å²) in [6.07, 6.45) is 1.83. The molecule has 114 valence electrons. The van der Waals surface area contributed by atoms with E-state index in [1.165, 1.54) is 0 Å². The molecule has 0 aliphatic rings. The van der Waals surface area contributed by atoms with E-state index in [-0.39, 0.29) is 5.91 Å². The number of amides is 1. The van der Waals surface area contributed by atoms with Crippen LogP contribution in [0.3, 0.4) is 0 Å². The summed E-state index contributed by atoms with van der Waals surface area (Å²) in [5, 5.41) is 2.89. The average Bonchev–Trinajstić information content (AvgIpc) is 2.49. The highest BCUT2D eigenvalue weighted by atomic mass is 16.5. The summed E-state index contributed by atoms with van der Waals surface area (Å²) in [6, 6.07) is 5.52. The molecule has 1 aromatic rings. The van der Waals surface area contributed by atoms with Crippen LogP contribution in [0.5, 0.6) is 0 Å². The van der Waals surface area contributed by atoms with Gasteiger partial charge in [0.25, 0.3) is 5.91 Å². The number of hydrogen-bond donors (Lipinski definition) is 2. The number of ether oxygens (including phenoxy) is 1. The number of carbonyl (C=O) groups excluding carboxylic acids is 1. The fraction of sp³-hybridized carbons (Fsp3) is 0.471. The lowest BCUT2D eigenvalue weighted by Crippen LogP contribution is -2.25. The molecule has 1 amide bonds. The van der Waals surface area contributed by atoms with Crippen molar-refractivity contribution in [1.29, 1.82) is 0 Å². The van der Waals surface area contributed by atoms with Crippen LogP contribution in [0.4, 0.5) is 0 Å². The van der Waals surface area contributed by atoms with Crippen molar-refractivity contribution in [3.63, 3.8) is 0 Å². The standard InChI is InChI=1S/C17H24N2O2/c1-3-11-21-12-5-10-19-17(20)16-8-7-14(2)15(13-16)6-4-9-18/h7-8,13H,3,5,9-12,18H2,1-2H3,(H,19,20). The van der Waals surface area contributed by atoms with Crippen LogP contribution in [0, 0.1) is 18.8 Å². The molecule has 0 saturated heterocycles. The van der Waals surface area contributed by atoms with Crippen LogP contribution >= 0.6 is 0 Å². The Labute approximate surface area is 127 Å². The lowest BCUT2D eigenvalue weighted by atomic mass is 10.0. The maximum atomic E-state index is 12.0. The predicted molar refractivity (Wildman–Crippen MR) is 85.2 cm³/mol. The Hall–Kier alpha value is -1.83. The normalized spacial score (nSPS) is 9.86. The minimum Gasteiger partial charge on any atom is -0.381 e. The van der Waals surface area contributed by atoms with Crippen molar-refractivity contribution < 1.29 is 9.53 Å². The molecule has 0 spiro atoms. The van der Waals surface area contributed by atoms with Crippen LogP contribution in [-0.4, -0.2) is 32.2 Å². The number of hydrogen-bond acceptors (Lipinski definition) is 3. The minimum absolute atomic E-state index is 0.0821. The van der Waals surface area contributed by atoms with Crippen LogP contribution in [0.2, 0.25) is 0 Å². The zero-order valence-electron chi connectivity index (χ0n) is 12.9. The van der Waals surface area contributed by atoms with Gasteiger partial charge in [0, 0.05) is 30.9 Å². The zero-order valence-corrected chi connectivity index (χ0v) is 12.9. The van der Waals surface area contributed by atoms with Gasteiger partial charge in [-0.05, 0) is 37.5 Å². The Kier molecular flexibility index (Phi) is 8.18. The molecule has 0 heterocycles. The molecule has 0 aromatic heterocycles. The number of nitrogens with one attached hydrogen (secondary N) is 1. The number of nitrogens with two attached hydrogens (primary N) is 1. The topological polar surface area (TPSA) is 64.3 Å². The second-order valence-corrected chi connectivity index (χ2v) is 4.76. The molecular weight excluding hydrogens is 264 g/mol. The summed E-state index contributed by atoms with van der Waals surface area (Å²) in [5.74, 6) is 5.71. The molecule has 0 saturated carbocycles. The van der Waals surface area contributed by atoms with E-state index in [2.05, 4.69) is 24.1 Å². The maximum Gasteiger partial charge on any atom is 0.251 e. The van der Waals surface area contributed by atoms with Crippen molar-refractivity contribution in [3.8, 4) is 11.8 Å². The third-order valence-electron chi connectivity index (χ3n) is 2.92. The van der Waals surface area contributed by atoms with Gasteiger partial charge < -0.3 is 15.8 Å². The summed E-state index contributed by atoms with van der Waals surface area (Å²) >= 11 is 0. The van der Waals surface area contributed by atoms with Crippen LogP contribution in [-0.2, 0) is 4.74 Å². The number of benzene rings is 1. The predicted octanol–water partition coefficient (Wildman–Crippen LogP) is 1.85. The number of rotatable bonds is 7. The van der Waals surface area contributed by atoms with E-state index < -0.39 is 0 Å². The van der Waals surface area contributed by atoms with E-state index in [0.29, 0.717) is 25.3 Å². The van der Waals surface area contributed by atoms with Gasteiger partial charge in [0.05, 0.1) is 6.54 Å². The highest BCUT2D eigenvalue weighted by Gasteiger charge is 2.06. The van der Waals surface area contributed by atoms with Crippen molar-refractivity contribution in [3.05, 3.63) is 34.9 Å². The van der Waals surface area contributed by atoms with Gasteiger partial charge in [-0.3, -0.25) is 4.79 Å². The molecule has 4 nitrogen and oxygen atoms in total. The highest BCUT2D eigenvalue weighted by molar-refractivity contribution is 5.94. The van der Waals surface area contributed by atoms with Gasteiger partial charge in [-0.15, -0.1) is 0 Å². The van der Waals surface area contributed by atoms with Gasteiger partial charge >= 0.3 is 0 Å². The van der Waals surface area contributed by atoms with E-state index in [9.17, 15) is 4.79 Å². The van der Waals surface area contributed by atoms with Crippen molar-refractivity contribution in [1.82, 2.24) is 5.32 Å². The van der Waals surface area contributed by atoms with Gasteiger partial charge in [-0.2, -0.15) is 0 Å².